The van der Waals surface area contributed by atoms with Crippen molar-refractivity contribution in [3.63, 3.8) is 0 Å². The van der Waals surface area contributed by atoms with Crippen LogP contribution in [0.15, 0.2) is 37.6 Å². The van der Waals surface area contributed by atoms with Crippen LogP contribution in [0.2, 0.25) is 0 Å². The van der Waals surface area contributed by atoms with Crippen LogP contribution in [0.1, 0.15) is 37.3 Å². The van der Waals surface area contributed by atoms with Crippen molar-refractivity contribution in [2.24, 2.45) is 0 Å². The first kappa shape index (κ1) is 26.4. The van der Waals surface area contributed by atoms with Gasteiger partial charge >= 0.3 is 19.2 Å². The molecule has 0 radical (unpaired) electrons. The van der Waals surface area contributed by atoms with E-state index in [0.29, 0.717) is 0 Å². The predicted molar refractivity (Wildman–Crippen MR) is 118 cm³/mol. The number of aliphatic hydroxyl groups is 2. The summed E-state index contributed by atoms with van der Waals surface area (Å²) in [4.78, 5) is 70.6. The van der Waals surface area contributed by atoms with Gasteiger partial charge in [0, 0.05) is 43.3 Å². The molecule has 16 nitrogen and oxygen atoms in total. The van der Waals surface area contributed by atoms with E-state index in [4.69, 9.17) is 14.0 Å². The summed E-state index contributed by atoms with van der Waals surface area (Å²) in [5.41, 5.74) is -4.57. The lowest BCUT2D eigenvalue weighted by Gasteiger charge is -2.35. The average Bonchev–Trinajstić information content (AvgIpc) is 3.30. The summed E-state index contributed by atoms with van der Waals surface area (Å²) >= 11 is 0. The van der Waals surface area contributed by atoms with Crippen LogP contribution in [0.25, 0.3) is 0 Å². The van der Waals surface area contributed by atoms with E-state index in [1.54, 1.807) is 0 Å². The van der Waals surface area contributed by atoms with E-state index in [-0.39, 0.29) is 24.8 Å². The SMILES string of the molecule is Cc1cn([C@H]2C[C@@H](OP(=O)(O)O)[C@](CO)(C[C@H]3O[C@@H](n4ccc(=O)[nH]c4=O)C[C@@H]3O)O2)c(=O)[nH]c1=O. The summed E-state index contributed by atoms with van der Waals surface area (Å²) in [6, 6.07) is 1.10. The average molecular weight is 532 g/mol. The molecule has 4 rings (SSSR count). The van der Waals surface area contributed by atoms with Crippen molar-refractivity contribution in [3.8, 4) is 0 Å². The molecule has 2 aromatic rings. The Morgan fingerprint density at radius 2 is 1.83 bits per heavy atom. The zero-order valence-corrected chi connectivity index (χ0v) is 19.7. The minimum Gasteiger partial charge on any atom is -0.393 e. The lowest BCUT2D eigenvalue weighted by molar-refractivity contribution is -0.157. The van der Waals surface area contributed by atoms with Gasteiger partial charge in [0.15, 0.2) is 0 Å². The molecule has 0 bridgehead atoms. The number of phosphoric ester groups is 1. The normalized spacial score (nSPS) is 30.6. The van der Waals surface area contributed by atoms with Crippen molar-refractivity contribution >= 4 is 7.82 Å². The molecular weight excluding hydrogens is 507 g/mol. The quantitative estimate of drug-likeness (QED) is 0.204. The zero-order chi connectivity index (χ0) is 26.4. The van der Waals surface area contributed by atoms with E-state index in [0.717, 1.165) is 15.2 Å². The van der Waals surface area contributed by atoms with Gasteiger partial charge in [-0.2, -0.15) is 0 Å². The van der Waals surface area contributed by atoms with Crippen LogP contribution in [0.4, 0.5) is 0 Å². The van der Waals surface area contributed by atoms with Crippen molar-refractivity contribution in [3.05, 3.63) is 65.7 Å². The Bertz CT molecular complexity index is 1410. The number of aryl methyl sites for hydroxylation is 1. The van der Waals surface area contributed by atoms with E-state index < -0.39 is 73.3 Å². The number of hydrogen-bond acceptors (Lipinski definition) is 10. The number of rotatable bonds is 7. The molecule has 17 heteroatoms. The molecule has 2 aromatic heterocycles. The van der Waals surface area contributed by atoms with Crippen LogP contribution in [0.3, 0.4) is 0 Å². The molecule has 6 atom stereocenters. The number of nitrogens with zero attached hydrogens (tertiary/aromatic N) is 2. The number of hydrogen-bond donors (Lipinski definition) is 6. The monoisotopic (exact) mass is 532 g/mol. The number of aliphatic hydroxyl groups excluding tert-OH is 2. The van der Waals surface area contributed by atoms with Gasteiger partial charge in [-0.25, -0.2) is 14.2 Å². The second kappa shape index (κ2) is 9.64. The first-order chi connectivity index (χ1) is 16.8. The standard InChI is InChI=1S/C19H25N4O12P/c1-9-7-23(18(29)21-16(9)27)15-5-12(35-36(30,31)32)19(8-24,34-15)6-11-10(25)4-14(33-11)22-3-2-13(26)20-17(22)28/h2-3,7,10-12,14-15,24-25H,4-6,8H2,1H3,(H,20,26,28)(H,21,27,29)(H2,30,31,32)/t10-,11+,12+,14+,15+,19+/m0/s1. The molecule has 198 valence electrons. The topological polar surface area (TPSA) is 235 Å². The summed E-state index contributed by atoms with van der Waals surface area (Å²) in [5, 5.41) is 20.9. The number of H-pyrrole nitrogens is 2. The van der Waals surface area contributed by atoms with Gasteiger partial charge in [0.2, 0.25) is 0 Å². The minimum absolute atomic E-state index is 0.0792. The summed E-state index contributed by atoms with van der Waals surface area (Å²) in [5.74, 6) is 0. The third-order valence-corrected chi connectivity index (χ3v) is 6.80. The third kappa shape index (κ3) is 5.21. The Kier molecular flexibility index (Phi) is 7.07. The largest absolute Gasteiger partial charge is 0.469 e. The molecular formula is C19H25N4O12P. The van der Waals surface area contributed by atoms with E-state index >= 15 is 0 Å². The number of nitrogens with one attached hydrogen (secondary N) is 2. The molecule has 0 aromatic carbocycles. The van der Waals surface area contributed by atoms with Gasteiger partial charge in [-0.1, -0.05) is 0 Å². The molecule has 2 aliphatic heterocycles. The Hall–Kier alpha value is -2.69. The fraction of sp³-hybridized carbons (Fsp3) is 0.579. The molecule has 2 saturated heterocycles. The van der Waals surface area contributed by atoms with E-state index in [9.17, 15) is 43.7 Å². The van der Waals surface area contributed by atoms with Crippen LogP contribution >= 0.6 is 7.82 Å². The lowest BCUT2D eigenvalue weighted by atomic mass is 9.89. The van der Waals surface area contributed by atoms with Gasteiger partial charge in [0.1, 0.15) is 24.2 Å². The van der Waals surface area contributed by atoms with Gasteiger partial charge < -0.3 is 29.5 Å². The van der Waals surface area contributed by atoms with E-state index in [2.05, 4.69) is 9.97 Å². The number of ether oxygens (including phenoxy) is 2. The maximum atomic E-state index is 12.4. The van der Waals surface area contributed by atoms with Crippen LogP contribution in [0, 0.1) is 6.92 Å². The van der Waals surface area contributed by atoms with Gasteiger partial charge in [-0.05, 0) is 6.92 Å². The van der Waals surface area contributed by atoms with E-state index in [1.807, 2.05) is 0 Å². The highest BCUT2D eigenvalue weighted by Crippen LogP contribution is 2.50. The molecule has 4 heterocycles. The summed E-state index contributed by atoms with van der Waals surface area (Å²) in [6.07, 6.45) is -4.29. The van der Waals surface area contributed by atoms with Crippen molar-refractivity contribution < 1.29 is 38.6 Å². The number of phosphoric acid groups is 1. The first-order valence-electron chi connectivity index (χ1n) is 10.8. The Morgan fingerprint density at radius 3 is 2.47 bits per heavy atom. The molecule has 36 heavy (non-hydrogen) atoms. The molecule has 0 amide bonds. The van der Waals surface area contributed by atoms with Crippen molar-refractivity contribution in [2.45, 2.75) is 62.6 Å². The second-order valence-electron chi connectivity index (χ2n) is 8.75. The second-order valence-corrected chi connectivity index (χ2v) is 9.94. The van der Waals surface area contributed by atoms with Crippen LogP contribution in [-0.2, 0) is 18.6 Å². The fourth-order valence-electron chi connectivity index (χ4n) is 4.52. The molecule has 0 aliphatic carbocycles. The molecule has 6 N–H and O–H groups in total. The molecule has 0 saturated carbocycles. The van der Waals surface area contributed by atoms with Crippen LogP contribution in [-0.4, -0.2) is 69.6 Å². The molecule has 0 unspecified atom stereocenters. The lowest BCUT2D eigenvalue weighted by Crippen LogP contribution is -2.48. The first-order valence-corrected chi connectivity index (χ1v) is 12.3. The van der Waals surface area contributed by atoms with E-state index in [1.165, 1.54) is 19.3 Å². The molecule has 2 aliphatic rings. The van der Waals surface area contributed by atoms with Crippen molar-refractivity contribution in [2.75, 3.05) is 6.61 Å². The Balaban J connectivity index is 1.64. The van der Waals surface area contributed by atoms with Crippen LogP contribution in [0.5, 0.6) is 0 Å². The summed E-state index contributed by atoms with van der Waals surface area (Å²) in [7, 11) is -5.11. The van der Waals surface area contributed by atoms with Crippen molar-refractivity contribution in [1.82, 2.24) is 19.1 Å². The van der Waals surface area contributed by atoms with Crippen molar-refractivity contribution in [1.29, 1.82) is 0 Å². The Labute approximate surface area is 201 Å². The number of aromatic nitrogens is 4. The fourth-order valence-corrected chi connectivity index (χ4v) is 5.13. The smallest absolute Gasteiger partial charge is 0.393 e. The third-order valence-electron chi connectivity index (χ3n) is 6.27. The minimum atomic E-state index is -5.11. The molecule has 0 spiro atoms. The summed E-state index contributed by atoms with van der Waals surface area (Å²) < 4.78 is 30.3. The van der Waals surface area contributed by atoms with Crippen LogP contribution < -0.4 is 22.5 Å². The van der Waals surface area contributed by atoms with Gasteiger partial charge in [0.05, 0.1) is 18.8 Å². The maximum Gasteiger partial charge on any atom is 0.469 e. The van der Waals surface area contributed by atoms with Gasteiger partial charge in [-0.3, -0.25) is 33.2 Å². The predicted octanol–water partition coefficient (Wildman–Crippen LogP) is -2.44. The van der Waals surface area contributed by atoms with Gasteiger partial charge in [0.25, 0.3) is 11.1 Å². The highest BCUT2D eigenvalue weighted by atomic mass is 31.2. The zero-order valence-electron chi connectivity index (χ0n) is 18.8. The van der Waals surface area contributed by atoms with Gasteiger partial charge in [-0.15, -0.1) is 0 Å². The highest BCUT2D eigenvalue weighted by Gasteiger charge is 2.55. The molecule has 2 fully saturated rings. The number of aromatic amines is 2. The Morgan fingerprint density at radius 1 is 1.14 bits per heavy atom. The highest BCUT2D eigenvalue weighted by molar-refractivity contribution is 7.46. The maximum absolute atomic E-state index is 12.4. The summed E-state index contributed by atoms with van der Waals surface area (Å²) in [6.45, 7) is 0.593.